The topological polar surface area (TPSA) is 76.4 Å². The Balaban J connectivity index is 0.00000338. The number of ether oxygens (including phenoxy) is 1. The highest BCUT2D eigenvalue weighted by atomic mass is 127. The van der Waals surface area contributed by atoms with E-state index in [1.54, 1.807) is 14.2 Å². The van der Waals surface area contributed by atoms with Crippen LogP contribution in [0.2, 0.25) is 0 Å². The van der Waals surface area contributed by atoms with Gasteiger partial charge < -0.3 is 19.9 Å². The standard InChI is InChI=1S/C18H28N6O.HI/c1-13-22-23-16(24(13)5)11-20-17(19-4)21-12-18(2,3)14-8-7-9-15(10-14)25-6;/h7-10H,11-12H2,1-6H3,(H2,19,20,21);1H. The van der Waals surface area contributed by atoms with E-state index in [1.165, 1.54) is 5.56 Å². The van der Waals surface area contributed by atoms with E-state index < -0.39 is 0 Å². The van der Waals surface area contributed by atoms with Crippen LogP contribution in [0.5, 0.6) is 5.75 Å². The van der Waals surface area contributed by atoms with Gasteiger partial charge in [0.2, 0.25) is 0 Å². The van der Waals surface area contributed by atoms with Crippen LogP contribution in [0.3, 0.4) is 0 Å². The van der Waals surface area contributed by atoms with Crippen molar-refractivity contribution in [2.45, 2.75) is 32.7 Å². The second-order valence-corrected chi connectivity index (χ2v) is 6.62. The zero-order valence-electron chi connectivity index (χ0n) is 16.3. The van der Waals surface area contributed by atoms with Gasteiger partial charge in [0, 0.05) is 26.1 Å². The van der Waals surface area contributed by atoms with Crippen LogP contribution in [0, 0.1) is 6.92 Å². The Morgan fingerprint density at radius 2 is 2.00 bits per heavy atom. The van der Waals surface area contributed by atoms with Gasteiger partial charge >= 0.3 is 0 Å². The fourth-order valence-corrected chi connectivity index (χ4v) is 2.44. The van der Waals surface area contributed by atoms with Crippen LogP contribution in [0.1, 0.15) is 31.1 Å². The van der Waals surface area contributed by atoms with Crippen molar-refractivity contribution in [2.24, 2.45) is 12.0 Å². The molecule has 0 radical (unpaired) electrons. The first-order chi connectivity index (χ1) is 11.9. The summed E-state index contributed by atoms with van der Waals surface area (Å²) in [4.78, 5) is 4.28. The first-order valence-electron chi connectivity index (χ1n) is 8.31. The Morgan fingerprint density at radius 3 is 2.58 bits per heavy atom. The van der Waals surface area contributed by atoms with E-state index in [1.807, 2.05) is 30.7 Å². The van der Waals surface area contributed by atoms with Crippen molar-refractivity contribution in [3.63, 3.8) is 0 Å². The molecule has 2 aromatic rings. The van der Waals surface area contributed by atoms with Gasteiger partial charge in [0.15, 0.2) is 11.8 Å². The van der Waals surface area contributed by atoms with E-state index in [0.717, 1.165) is 29.9 Å². The van der Waals surface area contributed by atoms with Crippen molar-refractivity contribution in [3.8, 4) is 5.75 Å². The van der Waals surface area contributed by atoms with Gasteiger partial charge in [0.05, 0.1) is 13.7 Å². The number of rotatable bonds is 6. The van der Waals surface area contributed by atoms with Gasteiger partial charge in [-0.1, -0.05) is 26.0 Å². The number of nitrogens with one attached hydrogen (secondary N) is 2. The van der Waals surface area contributed by atoms with Crippen LogP contribution in [-0.4, -0.2) is 41.4 Å². The van der Waals surface area contributed by atoms with E-state index in [4.69, 9.17) is 4.74 Å². The van der Waals surface area contributed by atoms with Gasteiger partial charge in [0.25, 0.3) is 0 Å². The number of aromatic nitrogens is 3. The predicted molar refractivity (Wildman–Crippen MR) is 115 cm³/mol. The summed E-state index contributed by atoms with van der Waals surface area (Å²) in [5, 5.41) is 14.9. The molecule has 144 valence electrons. The SMILES string of the molecule is CN=C(NCc1nnc(C)n1C)NCC(C)(C)c1cccc(OC)c1.I. The molecule has 2 N–H and O–H groups in total. The van der Waals surface area contributed by atoms with Crippen molar-refractivity contribution in [1.29, 1.82) is 0 Å². The molecule has 0 unspecified atom stereocenters. The van der Waals surface area contributed by atoms with Crippen LogP contribution in [0.4, 0.5) is 0 Å². The second-order valence-electron chi connectivity index (χ2n) is 6.62. The second kappa shape index (κ2) is 9.75. The van der Waals surface area contributed by atoms with Crippen molar-refractivity contribution >= 4 is 29.9 Å². The fraction of sp³-hybridized carbons (Fsp3) is 0.500. The van der Waals surface area contributed by atoms with Crippen LogP contribution >= 0.6 is 24.0 Å². The normalized spacial score (nSPS) is 11.7. The maximum absolute atomic E-state index is 5.33. The van der Waals surface area contributed by atoms with Gasteiger partial charge in [-0.05, 0) is 24.6 Å². The van der Waals surface area contributed by atoms with Crippen molar-refractivity contribution in [3.05, 3.63) is 41.5 Å². The average molecular weight is 472 g/mol. The maximum Gasteiger partial charge on any atom is 0.191 e. The van der Waals surface area contributed by atoms with Gasteiger partial charge in [-0.15, -0.1) is 34.2 Å². The number of benzene rings is 1. The summed E-state index contributed by atoms with van der Waals surface area (Å²) in [5.74, 6) is 3.36. The van der Waals surface area contributed by atoms with Gasteiger partial charge in [-0.3, -0.25) is 4.99 Å². The molecule has 0 aliphatic carbocycles. The van der Waals surface area contributed by atoms with Gasteiger partial charge in [-0.25, -0.2) is 0 Å². The molecule has 8 heteroatoms. The monoisotopic (exact) mass is 472 g/mol. The van der Waals surface area contributed by atoms with E-state index >= 15 is 0 Å². The van der Waals surface area contributed by atoms with Crippen molar-refractivity contribution in [1.82, 2.24) is 25.4 Å². The Morgan fingerprint density at radius 1 is 1.27 bits per heavy atom. The predicted octanol–water partition coefficient (Wildman–Crippen LogP) is 2.39. The molecule has 0 amide bonds. The summed E-state index contributed by atoms with van der Waals surface area (Å²) in [5.41, 5.74) is 1.13. The molecule has 0 atom stereocenters. The van der Waals surface area contributed by atoms with E-state index in [9.17, 15) is 0 Å². The Kier molecular flexibility index (Phi) is 8.32. The fourth-order valence-electron chi connectivity index (χ4n) is 2.44. The summed E-state index contributed by atoms with van der Waals surface area (Å²) < 4.78 is 7.28. The Hall–Kier alpha value is -1.84. The quantitative estimate of drug-likeness (QED) is 0.384. The molecule has 0 aliphatic heterocycles. The molecule has 0 bridgehead atoms. The third-order valence-corrected chi connectivity index (χ3v) is 4.37. The third-order valence-electron chi connectivity index (χ3n) is 4.37. The summed E-state index contributed by atoms with van der Waals surface area (Å²) in [6.07, 6.45) is 0. The molecule has 0 aliphatic rings. The molecule has 1 aromatic heterocycles. The highest BCUT2D eigenvalue weighted by molar-refractivity contribution is 14.0. The lowest BCUT2D eigenvalue weighted by atomic mass is 9.84. The number of aryl methyl sites for hydroxylation is 1. The van der Waals surface area contributed by atoms with Crippen molar-refractivity contribution < 1.29 is 4.74 Å². The number of nitrogens with zero attached hydrogens (tertiary/aromatic N) is 4. The molecule has 1 aromatic carbocycles. The van der Waals surface area contributed by atoms with Crippen LogP contribution in [0.15, 0.2) is 29.3 Å². The summed E-state index contributed by atoms with van der Waals surface area (Å²) in [6, 6.07) is 8.15. The first kappa shape index (κ1) is 22.2. The summed E-state index contributed by atoms with van der Waals surface area (Å²) in [7, 11) is 5.40. The lowest BCUT2D eigenvalue weighted by molar-refractivity contribution is 0.411. The summed E-state index contributed by atoms with van der Waals surface area (Å²) >= 11 is 0. The molecular formula is C18H29IN6O. The van der Waals surface area contributed by atoms with Gasteiger partial charge in [-0.2, -0.15) is 0 Å². The molecule has 0 saturated carbocycles. The number of hydrogen-bond donors (Lipinski definition) is 2. The van der Waals surface area contributed by atoms with Gasteiger partial charge in [0.1, 0.15) is 11.6 Å². The third kappa shape index (κ3) is 5.58. The van der Waals surface area contributed by atoms with Crippen LogP contribution in [0.25, 0.3) is 0 Å². The van der Waals surface area contributed by atoms with Crippen LogP contribution in [-0.2, 0) is 19.0 Å². The number of guanidine groups is 1. The number of aliphatic imine (C=N–C) groups is 1. The zero-order chi connectivity index (χ0) is 18.4. The zero-order valence-corrected chi connectivity index (χ0v) is 18.7. The van der Waals surface area contributed by atoms with Crippen molar-refractivity contribution in [2.75, 3.05) is 20.7 Å². The average Bonchev–Trinajstić information content (AvgIpc) is 2.94. The Bertz CT molecular complexity index is 741. The molecule has 2 rings (SSSR count). The lowest BCUT2D eigenvalue weighted by Crippen LogP contribution is -2.43. The number of hydrogen-bond acceptors (Lipinski definition) is 4. The van der Waals surface area contributed by atoms with E-state index in [2.05, 4.69) is 51.8 Å². The molecule has 0 saturated heterocycles. The molecular weight excluding hydrogens is 443 g/mol. The van der Waals surface area contributed by atoms with Crippen LogP contribution < -0.4 is 15.4 Å². The molecule has 7 nitrogen and oxygen atoms in total. The molecule has 0 spiro atoms. The summed E-state index contributed by atoms with van der Waals surface area (Å²) in [6.45, 7) is 7.61. The van der Waals surface area contributed by atoms with E-state index in [0.29, 0.717) is 6.54 Å². The number of methoxy groups -OCH3 is 1. The highest BCUT2D eigenvalue weighted by Crippen LogP contribution is 2.25. The molecule has 1 heterocycles. The molecule has 0 fully saturated rings. The largest absolute Gasteiger partial charge is 0.497 e. The Labute approximate surface area is 172 Å². The first-order valence-corrected chi connectivity index (χ1v) is 8.31. The van der Waals surface area contributed by atoms with E-state index in [-0.39, 0.29) is 29.4 Å². The minimum Gasteiger partial charge on any atom is -0.497 e. The smallest absolute Gasteiger partial charge is 0.191 e. The maximum atomic E-state index is 5.33. The highest BCUT2D eigenvalue weighted by Gasteiger charge is 2.21. The number of halogens is 1. The molecule has 26 heavy (non-hydrogen) atoms. The lowest BCUT2D eigenvalue weighted by Gasteiger charge is -2.27. The minimum atomic E-state index is -0.0759. The minimum absolute atomic E-state index is 0.